The van der Waals surface area contributed by atoms with E-state index in [0.29, 0.717) is 13.0 Å². The van der Waals surface area contributed by atoms with Crippen LogP contribution in [-0.2, 0) is 11.3 Å². The second-order valence-corrected chi connectivity index (χ2v) is 6.06. The van der Waals surface area contributed by atoms with Gasteiger partial charge in [-0.3, -0.25) is 4.79 Å². The zero-order valence-electron chi connectivity index (χ0n) is 14.9. The van der Waals surface area contributed by atoms with Crippen LogP contribution >= 0.6 is 0 Å². The van der Waals surface area contributed by atoms with Crippen LogP contribution in [0.1, 0.15) is 29.5 Å². The molecule has 0 bridgehead atoms. The first-order chi connectivity index (χ1) is 11.9. The van der Waals surface area contributed by atoms with E-state index < -0.39 is 0 Å². The molecule has 0 saturated heterocycles. The normalized spacial score (nSPS) is 10.9. The summed E-state index contributed by atoms with van der Waals surface area (Å²) in [6.07, 6.45) is 2.16. The van der Waals surface area contributed by atoms with Crippen LogP contribution in [0.5, 0.6) is 0 Å². The van der Waals surface area contributed by atoms with Gasteiger partial charge in [-0.25, -0.2) is 14.6 Å². The first kappa shape index (κ1) is 16.9. The van der Waals surface area contributed by atoms with Crippen molar-refractivity contribution in [1.29, 1.82) is 0 Å². The first-order valence-corrected chi connectivity index (χ1v) is 8.23. The number of carbonyl (C=O) groups is 1. The minimum atomic E-state index is -0.0463. The van der Waals surface area contributed by atoms with Gasteiger partial charge in [0.15, 0.2) is 0 Å². The summed E-state index contributed by atoms with van der Waals surface area (Å²) in [7, 11) is 0. The van der Waals surface area contributed by atoms with Crippen LogP contribution in [0.15, 0.2) is 30.6 Å². The maximum absolute atomic E-state index is 12.1. The molecule has 0 aliphatic carbocycles. The lowest BCUT2D eigenvalue weighted by molar-refractivity contribution is -0.116. The number of benzene rings is 1. The molecule has 1 amide bonds. The number of hydrogen-bond acceptors (Lipinski definition) is 4. The second-order valence-electron chi connectivity index (χ2n) is 6.06. The van der Waals surface area contributed by atoms with Crippen molar-refractivity contribution in [3.05, 3.63) is 53.6 Å². The van der Waals surface area contributed by atoms with Crippen molar-refractivity contribution in [3.8, 4) is 5.69 Å². The molecular weight excluding hydrogens is 316 g/mol. The molecule has 3 rings (SSSR count). The number of aryl methyl sites for hydroxylation is 4. The van der Waals surface area contributed by atoms with Crippen LogP contribution in [0.3, 0.4) is 0 Å². The number of nitrogens with one attached hydrogen (secondary N) is 1. The molecule has 25 heavy (non-hydrogen) atoms. The molecule has 0 radical (unpaired) electrons. The van der Waals surface area contributed by atoms with Gasteiger partial charge in [-0.05, 0) is 52.0 Å². The highest BCUT2D eigenvalue weighted by Crippen LogP contribution is 2.17. The highest BCUT2D eigenvalue weighted by atomic mass is 16.1. The van der Waals surface area contributed by atoms with Crippen molar-refractivity contribution < 1.29 is 4.79 Å². The Morgan fingerprint density at radius 3 is 2.40 bits per heavy atom. The average Bonchev–Trinajstić information content (AvgIpc) is 3.08. The van der Waals surface area contributed by atoms with E-state index in [4.69, 9.17) is 0 Å². The van der Waals surface area contributed by atoms with E-state index >= 15 is 0 Å². The van der Waals surface area contributed by atoms with Gasteiger partial charge in [0.2, 0.25) is 5.91 Å². The van der Waals surface area contributed by atoms with Gasteiger partial charge in [0.1, 0.15) is 11.6 Å². The number of imidazole rings is 1. The lowest BCUT2D eigenvalue weighted by Crippen LogP contribution is -2.15. The molecule has 0 saturated carbocycles. The van der Waals surface area contributed by atoms with Gasteiger partial charge < -0.3 is 9.88 Å². The summed E-state index contributed by atoms with van der Waals surface area (Å²) < 4.78 is 3.78. The zero-order valence-corrected chi connectivity index (χ0v) is 14.9. The molecule has 0 atom stereocenters. The van der Waals surface area contributed by atoms with Crippen LogP contribution in [0, 0.1) is 27.7 Å². The van der Waals surface area contributed by atoms with Crippen LogP contribution in [-0.4, -0.2) is 30.2 Å². The molecule has 7 nitrogen and oxygen atoms in total. The zero-order chi connectivity index (χ0) is 18.0. The van der Waals surface area contributed by atoms with E-state index in [1.54, 1.807) is 11.0 Å². The van der Waals surface area contributed by atoms with Crippen molar-refractivity contribution in [2.24, 2.45) is 0 Å². The molecule has 0 aliphatic heterocycles. The van der Waals surface area contributed by atoms with Crippen molar-refractivity contribution >= 4 is 11.6 Å². The summed E-state index contributed by atoms with van der Waals surface area (Å²) in [6, 6.07) is 7.73. The van der Waals surface area contributed by atoms with E-state index in [0.717, 1.165) is 34.4 Å². The summed E-state index contributed by atoms with van der Waals surface area (Å²) >= 11 is 0. The number of aromatic nitrogens is 5. The Hall–Kier alpha value is -2.96. The lowest BCUT2D eigenvalue weighted by Gasteiger charge is -2.09. The van der Waals surface area contributed by atoms with Crippen molar-refractivity contribution in [1.82, 2.24) is 24.3 Å². The minimum Gasteiger partial charge on any atom is -0.326 e. The first-order valence-electron chi connectivity index (χ1n) is 8.23. The van der Waals surface area contributed by atoms with Gasteiger partial charge in [-0.15, -0.1) is 0 Å². The van der Waals surface area contributed by atoms with E-state index in [1.165, 1.54) is 0 Å². The maximum Gasteiger partial charge on any atom is 0.226 e. The fourth-order valence-electron chi connectivity index (χ4n) is 2.67. The second kappa shape index (κ2) is 6.88. The number of nitrogens with zero attached hydrogens (tertiary/aromatic N) is 5. The third-order valence-corrected chi connectivity index (χ3v) is 4.19. The average molecular weight is 338 g/mol. The lowest BCUT2D eigenvalue weighted by atomic mass is 10.2. The van der Waals surface area contributed by atoms with Crippen molar-refractivity contribution in [2.75, 3.05) is 5.32 Å². The quantitative estimate of drug-likeness (QED) is 0.776. The Morgan fingerprint density at radius 2 is 1.84 bits per heavy atom. The molecule has 0 spiro atoms. The summed E-state index contributed by atoms with van der Waals surface area (Å²) in [5.74, 6) is 1.49. The summed E-state index contributed by atoms with van der Waals surface area (Å²) in [5, 5.41) is 7.17. The molecule has 1 N–H and O–H groups in total. The molecule has 2 heterocycles. The summed E-state index contributed by atoms with van der Waals surface area (Å²) in [6.45, 7) is 8.26. The van der Waals surface area contributed by atoms with Gasteiger partial charge >= 0.3 is 0 Å². The Bertz CT molecular complexity index is 891. The number of anilines is 1. The van der Waals surface area contributed by atoms with Gasteiger partial charge in [-0.1, -0.05) is 0 Å². The van der Waals surface area contributed by atoms with Gasteiger partial charge in [0, 0.05) is 23.5 Å². The fourth-order valence-corrected chi connectivity index (χ4v) is 2.67. The van der Waals surface area contributed by atoms with E-state index in [-0.39, 0.29) is 5.91 Å². The largest absolute Gasteiger partial charge is 0.326 e. The monoisotopic (exact) mass is 338 g/mol. The van der Waals surface area contributed by atoms with Gasteiger partial charge in [0.25, 0.3) is 0 Å². The van der Waals surface area contributed by atoms with Crippen LogP contribution in [0.2, 0.25) is 0 Å². The van der Waals surface area contributed by atoms with E-state index in [1.807, 2.05) is 56.5 Å². The van der Waals surface area contributed by atoms with Crippen LogP contribution < -0.4 is 5.32 Å². The molecule has 3 aromatic rings. The minimum absolute atomic E-state index is 0.0463. The summed E-state index contributed by atoms with van der Waals surface area (Å²) in [4.78, 5) is 20.7. The number of hydrogen-bond donors (Lipinski definition) is 1. The van der Waals surface area contributed by atoms with Crippen LogP contribution in [0.25, 0.3) is 5.69 Å². The molecule has 1 aromatic carbocycles. The SMILES string of the molecule is Cc1nc(C)n(CCC(=O)Nc2ccc(-n3cnc(C)c3C)cc2)n1. The smallest absolute Gasteiger partial charge is 0.226 e. The molecule has 0 unspecified atom stereocenters. The van der Waals surface area contributed by atoms with Gasteiger partial charge in [-0.2, -0.15) is 5.10 Å². The Kier molecular flexibility index (Phi) is 4.65. The standard InChI is InChI=1S/C18H22N6O/c1-12-13(2)23(11-19-12)17-7-5-16(6-8-17)21-18(25)9-10-24-15(4)20-14(3)22-24/h5-8,11H,9-10H2,1-4H3,(H,21,25). The molecule has 0 aliphatic rings. The molecule has 0 fully saturated rings. The van der Waals surface area contributed by atoms with E-state index in [9.17, 15) is 4.79 Å². The molecule has 7 heteroatoms. The predicted molar refractivity (Wildman–Crippen MR) is 95.8 cm³/mol. The third-order valence-electron chi connectivity index (χ3n) is 4.19. The number of carbonyl (C=O) groups excluding carboxylic acids is 1. The van der Waals surface area contributed by atoms with Gasteiger partial charge in [0.05, 0.1) is 18.6 Å². The fraction of sp³-hybridized carbons (Fsp3) is 0.333. The van der Waals surface area contributed by atoms with Crippen molar-refractivity contribution in [3.63, 3.8) is 0 Å². The highest BCUT2D eigenvalue weighted by Gasteiger charge is 2.08. The van der Waals surface area contributed by atoms with E-state index in [2.05, 4.69) is 20.4 Å². The Morgan fingerprint density at radius 1 is 1.12 bits per heavy atom. The Balaban J connectivity index is 1.60. The summed E-state index contributed by atoms with van der Waals surface area (Å²) in [5.41, 5.74) is 3.91. The van der Waals surface area contributed by atoms with Crippen LogP contribution in [0.4, 0.5) is 5.69 Å². The van der Waals surface area contributed by atoms with Crippen molar-refractivity contribution in [2.45, 2.75) is 40.7 Å². The third kappa shape index (κ3) is 3.76. The number of amides is 1. The molecular formula is C18H22N6O. The maximum atomic E-state index is 12.1. The predicted octanol–water partition coefficient (Wildman–Crippen LogP) is 2.73. The molecule has 2 aromatic heterocycles. The Labute approximate surface area is 146 Å². The molecule has 130 valence electrons. The number of rotatable bonds is 5. The topological polar surface area (TPSA) is 77.6 Å². The highest BCUT2D eigenvalue weighted by molar-refractivity contribution is 5.90.